The van der Waals surface area contributed by atoms with Crippen LogP contribution in [0.1, 0.15) is 16.1 Å². The molecule has 0 fully saturated rings. The topological polar surface area (TPSA) is 140 Å². The van der Waals surface area contributed by atoms with Crippen LogP contribution in [0, 0.1) is 0 Å². The number of sulfonamides is 1. The third-order valence-electron chi connectivity index (χ3n) is 2.66. The van der Waals surface area contributed by atoms with Gasteiger partial charge in [-0.3, -0.25) is 4.79 Å². The lowest BCUT2D eigenvalue weighted by Gasteiger charge is -2.07. The molecule has 1 aromatic carbocycles. The van der Waals surface area contributed by atoms with Gasteiger partial charge in [-0.05, 0) is 15.9 Å². The van der Waals surface area contributed by atoms with E-state index in [1.807, 2.05) is 6.07 Å². The lowest BCUT2D eigenvalue weighted by atomic mass is 10.2. The zero-order valence-corrected chi connectivity index (χ0v) is 12.3. The normalized spacial score (nSPS) is 11.3. The van der Waals surface area contributed by atoms with Gasteiger partial charge in [0.2, 0.25) is 21.5 Å². The van der Waals surface area contributed by atoms with E-state index >= 15 is 0 Å². The fraction of sp³-hybridized carbons (Fsp3) is 0.250. The molecule has 0 aliphatic heterocycles. The van der Waals surface area contributed by atoms with Crippen molar-refractivity contribution in [3.8, 4) is 0 Å². The first-order valence-corrected chi connectivity index (χ1v) is 8.00. The van der Waals surface area contributed by atoms with Crippen LogP contribution in [-0.2, 0) is 15.8 Å². The molecular weight excluding hydrogens is 310 g/mol. The molecule has 0 saturated heterocycles. The number of hydrogen-bond acceptors (Lipinski definition) is 7. The van der Waals surface area contributed by atoms with Crippen molar-refractivity contribution in [1.82, 2.24) is 20.4 Å². The zero-order chi connectivity index (χ0) is 16.0. The van der Waals surface area contributed by atoms with Gasteiger partial charge in [-0.25, -0.2) is 17.8 Å². The average Bonchev–Trinajstić information content (AvgIpc) is 2.90. The van der Waals surface area contributed by atoms with Crippen LogP contribution in [0.4, 0.5) is 5.82 Å². The van der Waals surface area contributed by atoms with Gasteiger partial charge in [0.1, 0.15) is 0 Å². The molecule has 0 unspecified atom stereocenters. The average molecular weight is 325 g/mol. The van der Waals surface area contributed by atoms with E-state index in [1.165, 1.54) is 0 Å². The maximum absolute atomic E-state index is 11.8. The molecular formula is C12H15N5O4S. The fourth-order valence-corrected chi connectivity index (χ4v) is 2.81. The molecule has 2 rings (SSSR count). The lowest BCUT2D eigenvalue weighted by Crippen LogP contribution is -2.35. The summed E-state index contributed by atoms with van der Waals surface area (Å²) >= 11 is 0. The van der Waals surface area contributed by atoms with E-state index in [1.54, 1.807) is 24.3 Å². The lowest BCUT2D eigenvalue weighted by molar-refractivity contribution is 0.0945. The number of nitrogens with two attached hydrogens (primary N) is 1. The van der Waals surface area contributed by atoms with Gasteiger partial charge in [0.15, 0.2) is 0 Å². The Hall–Kier alpha value is -2.46. The number of anilines is 1. The summed E-state index contributed by atoms with van der Waals surface area (Å²) in [5, 5.41) is 9.06. The molecule has 22 heavy (non-hydrogen) atoms. The van der Waals surface area contributed by atoms with Crippen molar-refractivity contribution in [2.24, 2.45) is 0 Å². The maximum Gasteiger partial charge on any atom is 0.277 e. The first-order valence-electron chi connectivity index (χ1n) is 6.35. The predicted molar refractivity (Wildman–Crippen MR) is 78.1 cm³/mol. The second kappa shape index (κ2) is 7.00. The Kier molecular flexibility index (Phi) is 5.07. The van der Waals surface area contributed by atoms with Crippen LogP contribution in [0.15, 0.2) is 35.0 Å². The monoisotopic (exact) mass is 325 g/mol. The molecule has 1 amide bonds. The van der Waals surface area contributed by atoms with Gasteiger partial charge in [0.25, 0.3) is 5.91 Å². The summed E-state index contributed by atoms with van der Waals surface area (Å²) in [7, 11) is -3.47. The minimum atomic E-state index is -3.47. The summed E-state index contributed by atoms with van der Waals surface area (Å²) < 4.78 is 30.4. The van der Waals surface area contributed by atoms with Crippen LogP contribution in [-0.4, -0.2) is 37.7 Å². The third kappa shape index (κ3) is 4.53. The number of benzene rings is 1. The van der Waals surface area contributed by atoms with Crippen LogP contribution in [0.5, 0.6) is 0 Å². The molecule has 1 heterocycles. The van der Waals surface area contributed by atoms with Gasteiger partial charge in [-0.1, -0.05) is 30.3 Å². The minimum Gasteiger partial charge on any atom is -0.379 e. The highest BCUT2D eigenvalue weighted by atomic mass is 32.2. The van der Waals surface area contributed by atoms with Crippen LogP contribution >= 0.6 is 0 Å². The number of aromatic nitrogens is 2. The van der Waals surface area contributed by atoms with Crippen LogP contribution < -0.4 is 15.8 Å². The summed E-state index contributed by atoms with van der Waals surface area (Å²) in [4.78, 5) is 11.6. The van der Waals surface area contributed by atoms with Gasteiger partial charge in [-0.15, -0.1) is 0 Å². The maximum atomic E-state index is 11.8. The Labute approximate surface area is 126 Å². The van der Waals surface area contributed by atoms with Crippen molar-refractivity contribution in [1.29, 1.82) is 0 Å². The van der Waals surface area contributed by atoms with E-state index in [0.717, 1.165) is 0 Å². The van der Waals surface area contributed by atoms with Crippen LogP contribution in [0.25, 0.3) is 0 Å². The highest BCUT2D eigenvalue weighted by molar-refractivity contribution is 7.88. The Morgan fingerprint density at radius 2 is 1.91 bits per heavy atom. The number of carbonyl (C=O) groups excluding carboxylic acids is 1. The van der Waals surface area contributed by atoms with E-state index in [0.29, 0.717) is 5.56 Å². The first kappa shape index (κ1) is 15.9. The second-order valence-corrected chi connectivity index (χ2v) is 6.20. The van der Waals surface area contributed by atoms with Crippen LogP contribution in [0.2, 0.25) is 0 Å². The van der Waals surface area contributed by atoms with Gasteiger partial charge in [-0.2, -0.15) is 0 Å². The Balaban J connectivity index is 1.76. The highest BCUT2D eigenvalue weighted by Crippen LogP contribution is 2.04. The number of rotatable bonds is 7. The molecule has 1 aromatic heterocycles. The molecule has 0 atom stereocenters. The molecule has 0 aliphatic rings. The SMILES string of the molecule is Nc1nonc1C(=O)NCCNS(=O)(=O)Cc1ccccc1. The highest BCUT2D eigenvalue weighted by Gasteiger charge is 2.16. The molecule has 0 bridgehead atoms. The Morgan fingerprint density at radius 1 is 1.18 bits per heavy atom. The summed E-state index contributed by atoms with van der Waals surface area (Å²) in [5.41, 5.74) is 5.91. The molecule has 0 radical (unpaired) electrons. The molecule has 0 spiro atoms. The standard InChI is InChI=1S/C12H15N5O4S/c13-11-10(16-21-17-11)12(18)14-6-7-15-22(19,20)8-9-4-2-1-3-5-9/h1-5,15H,6-8H2,(H2,13,17)(H,14,18). The first-order chi connectivity index (χ1) is 10.5. The predicted octanol–water partition coefficient (Wildman–Crippen LogP) is -0.499. The van der Waals surface area contributed by atoms with E-state index in [-0.39, 0.29) is 30.4 Å². The molecule has 2 aromatic rings. The van der Waals surface area contributed by atoms with Crippen molar-refractivity contribution >= 4 is 21.7 Å². The van der Waals surface area contributed by atoms with Crippen molar-refractivity contribution in [2.45, 2.75) is 5.75 Å². The molecule has 0 saturated carbocycles. The number of nitrogen functional groups attached to an aromatic ring is 1. The van der Waals surface area contributed by atoms with E-state index < -0.39 is 15.9 Å². The number of nitrogens with zero attached hydrogens (tertiary/aromatic N) is 2. The molecule has 0 aliphatic carbocycles. The van der Waals surface area contributed by atoms with Gasteiger partial charge in [0.05, 0.1) is 5.75 Å². The van der Waals surface area contributed by atoms with Crippen molar-refractivity contribution < 1.29 is 17.8 Å². The summed E-state index contributed by atoms with van der Waals surface area (Å²) in [6, 6.07) is 8.79. The van der Waals surface area contributed by atoms with Crippen molar-refractivity contribution in [3.05, 3.63) is 41.6 Å². The number of amides is 1. The summed E-state index contributed by atoms with van der Waals surface area (Å²) in [6.07, 6.45) is 0. The smallest absolute Gasteiger partial charge is 0.277 e. The van der Waals surface area contributed by atoms with Gasteiger partial charge in [0, 0.05) is 13.1 Å². The van der Waals surface area contributed by atoms with Crippen molar-refractivity contribution in [3.63, 3.8) is 0 Å². The minimum absolute atomic E-state index is 0.0477. The van der Waals surface area contributed by atoms with E-state index in [2.05, 4.69) is 25.0 Å². The number of carbonyl (C=O) groups is 1. The van der Waals surface area contributed by atoms with Gasteiger partial charge >= 0.3 is 0 Å². The quantitative estimate of drug-likeness (QED) is 0.583. The summed E-state index contributed by atoms with van der Waals surface area (Å²) in [6.45, 7) is 0.130. The molecule has 4 N–H and O–H groups in total. The fourth-order valence-electron chi connectivity index (χ4n) is 1.66. The molecule has 10 heteroatoms. The Bertz CT molecular complexity index is 729. The van der Waals surface area contributed by atoms with Crippen LogP contribution in [0.3, 0.4) is 0 Å². The van der Waals surface area contributed by atoms with Gasteiger partial charge < -0.3 is 11.1 Å². The van der Waals surface area contributed by atoms with Crippen molar-refractivity contribution in [2.75, 3.05) is 18.8 Å². The van der Waals surface area contributed by atoms with E-state index in [9.17, 15) is 13.2 Å². The Morgan fingerprint density at radius 3 is 2.55 bits per heavy atom. The number of hydrogen-bond donors (Lipinski definition) is 3. The van der Waals surface area contributed by atoms with E-state index in [4.69, 9.17) is 5.73 Å². The third-order valence-corrected chi connectivity index (χ3v) is 4.02. The molecule has 9 nitrogen and oxygen atoms in total. The number of nitrogens with one attached hydrogen (secondary N) is 2. The zero-order valence-electron chi connectivity index (χ0n) is 11.5. The second-order valence-electron chi connectivity index (χ2n) is 4.39. The molecule has 118 valence electrons. The largest absolute Gasteiger partial charge is 0.379 e. The summed E-state index contributed by atoms with van der Waals surface area (Å²) in [5.74, 6) is -0.828.